The zero-order valence-corrected chi connectivity index (χ0v) is 13.4. The van der Waals surface area contributed by atoms with Crippen LogP contribution in [0.5, 0.6) is 0 Å². The van der Waals surface area contributed by atoms with Gasteiger partial charge in [-0.1, -0.05) is 17.2 Å². The van der Waals surface area contributed by atoms with E-state index in [2.05, 4.69) is 11.1 Å². The molecule has 0 aliphatic heterocycles. The highest BCUT2D eigenvalue weighted by Gasteiger charge is 2.31. The number of rotatable bonds is 6. The van der Waals surface area contributed by atoms with Crippen molar-refractivity contribution in [3.63, 3.8) is 0 Å². The maximum Gasteiger partial charge on any atom is 0.416 e. The lowest BCUT2D eigenvalue weighted by Gasteiger charge is -2.07. The van der Waals surface area contributed by atoms with Gasteiger partial charge in [-0.25, -0.2) is 9.78 Å². The van der Waals surface area contributed by atoms with Crippen LogP contribution in [0.3, 0.4) is 0 Å². The molecule has 0 saturated carbocycles. The minimum Gasteiger partial charge on any atom is -0.457 e. The van der Waals surface area contributed by atoms with Gasteiger partial charge in [-0.05, 0) is 51.8 Å². The summed E-state index contributed by atoms with van der Waals surface area (Å²) in [6.07, 6.45) is 2.01. The molecule has 0 spiro atoms. The number of allylic oxidation sites excluding steroid dienone is 3. The molecule has 0 aromatic carbocycles. The molecule has 0 N–H and O–H groups in total. The molecule has 1 rings (SSSR count). The number of pyridine rings is 1. The molecule has 1 aromatic heterocycles. The van der Waals surface area contributed by atoms with E-state index in [0.29, 0.717) is 6.07 Å². The zero-order valence-electron chi connectivity index (χ0n) is 13.4. The highest BCUT2D eigenvalue weighted by atomic mass is 19.4. The number of aromatic nitrogens is 1. The first-order chi connectivity index (χ1) is 10.7. The van der Waals surface area contributed by atoms with E-state index in [4.69, 9.17) is 4.74 Å². The normalized spacial score (nSPS) is 12.0. The Labute approximate surface area is 133 Å². The summed E-state index contributed by atoms with van der Waals surface area (Å²) >= 11 is 0. The molecule has 3 nitrogen and oxygen atoms in total. The summed E-state index contributed by atoms with van der Waals surface area (Å²) in [4.78, 5) is 15.3. The topological polar surface area (TPSA) is 39.2 Å². The number of hydrogen-bond donors (Lipinski definition) is 0. The van der Waals surface area contributed by atoms with Gasteiger partial charge in [0.05, 0.1) is 5.56 Å². The van der Waals surface area contributed by atoms with Crippen molar-refractivity contribution in [3.8, 4) is 0 Å². The maximum atomic E-state index is 12.6. The molecule has 23 heavy (non-hydrogen) atoms. The van der Waals surface area contributed by atoms with Gasteiger partial charge in [0.15, 0.2) is 0 Å². The summed E-state index contributed by atoms with van der Waals surface area (Å²) in [5.41, 5.74) is 1.01. The molecular weight excluding hydrogens is 307 g/mol. The maximum absolute atomic E-state index is 12.6. The van der Waals surface area contributed by atoms with E-state index >= 15 is 0 Å². The summed E-state index contributed by atoms with van der Waals surface area (Å²) < 4.78 is 42.6. The Balaban J connectivity index is 2.56. The summed E-state index contributed by atoms with van der Waals surface area (Å²) in [6, 6.07) is 1.50. The van der Waals surface area contributed by atoms with Gasteiger partial charge in [-0.3, -0.25) is 0 Å². The fourth-order valence-corrected chi connectivity index (χ4v) is 1.74. The first-order valence-corrected chi connectivity index (χ1v) is 7.19. The van der Waals surface area contributed by atoms with Crippen molar-refractivity contribution in [1.82, 2.24) is 4.98 Å². The van der Waals surface area contributed by atoms with Gasteiger partial charge >= 0.3 is 12.1 Å². The molecule has 0 fully saturated rings. The van der Waals surface area contributed by atoms with E-state index in [1.54, 1.807) is 6.08 Å². The zero-order chi connectivity index (χ0) is 17.5. The van der Waals surface area contributed by atoms with Gasteiger partial charge in [0.1, 0.15) is 12.3 Å². The number of ether oxygens (including phenoxy) is 1. The number of nitrogens with zero attached hydrogens (tertiary/aromatic N) is 1. The van der Waals surface area contributed by atoms with Gasteiger partial charge < -0.3 is 4.74 Å². The van der Waals surface area contributed by atoms with E-state index in [-0.39, 0.29) is 12.3 Å². The van der Waals surface area contributed by atoms with Crippen LogP contribution in [-0.4, -0.2) is 17.6 Å². The standard InChI is InChI=1S/C17H20F3NO2/c1-12(2)5-4-6-13(3)8-10-23-16(22)15-11-14(7-9-21-15)17(18,19)20/h5,7-9,11H,4,6,10H2,1-3H3/b13-8+. The molecule has 0 bridgehead atoms. The van der Waals surface area contributed by atoms with Crippen LogP contribution >= 0.6 is 0 Å². The van der Waals surface area contributed by atoms with Gasteiger partial charge in [0.25, 0.3) is 0 Å². The third-order valence-corrected chi connectivity index (χ3v) is 3.03. The van der Waals surface area contributed by atoms with Crippen molar-refractivity contribution in [3.05, 3.63) is 52.9 Å². The molecule has 0 aliphatic carbocycles. The average molecular weight is 327 g/mol. The first-order valence-electron chi connectivity index (χ1n) is 7.19. The molecule has 126 valence electrons. The van der Waals surface area contributed by atoms with E-state index in [1.165, 1.54) is 5.57 Å². The largest absolute Gasteiger partial charge is 0.457 e. The summed E-state index contributed by atoms with van der Waals surface area (Å²) in [5.74, 6) is -0.871. The Bertz CT molecular complexity index is 600. The number of carbonyl (C=O) groups excluding carboxylic acids is 1. The van der Waals surface area contributed by atoms with Crippen LogP contribution in [0.1, 0.15) is 49.7 Å². The van der Waals surface area contributed by atoms with Crippen molar-refractivity contribution in [2.45, 2.75) is 39.8 Å². The molecule has 6 heteroatoms. The molecule has 0 saturated heterocycles. The molecule has 0 aliphatic rings. The summed E-state index contributed by atoms with van der Waals surface area (Å²) in [5, 5.41) is 0. The summed E-state index contributed by atoms with van der Waals surface area (Å²) in [7, 11) is 0. The van der Waals surface area contributed by atoms with Gasteiger partial charge in [0, 0.05) is 6.20 Å². The van der Waals surface area contributed by atoms with Crippen molar-refractivity contribution < 1.29 is 22.7 Å². The van der Waals surface area contributed by atoms with Crippen LogP contribution in [0.25, 0.3) is 0 Å². The Kier molecular flexibility index (Phi) is 7.00. The molecule has 0 amide bonds. The van der Waals surface area contributed by atoms with Crippen LogP contribution in [0.4, 0.5) is 13.2 Å². The third-order valence-electron chi connectivity index (χ3n) is 3.03. The Morgan fingerprint density at radius 1 is 1.26 bits per heavy atom. The van der Waals surface area contributed by atoms with Crippen molar-refractivity contribution in [1.29, 1.82) is 0 Å². The minimum absolute atomic E-state index is 0.0113. The van der Waals surface area contributed by atoms with Crippen LogP contribution < -0.4 is 0 Å². The lowest BCUT2D eigenvalue weighted by molar-refractivity contribution is -0.137. The summed E-state index contributed by atoms with van der Waals surface area (Å²) in [6.45, 7) is 5.96. The molecule has 1 aromatic rings. The smallest absolute Gasteiger partial charge is 0.416 e. The fraction of sp³-hybridized carbons (Fsp3) is 0.412. The van der Waals surface area contributed by atoms with E-state index < -0.39 is 17.7 Å². The van der Waals surface area contributed by atoms with Crippen LogP contribution in [0, 0.1) is 0 Å². The minimum atomic E-state index is -4.51. The van der Waals surface area contributed by atoms with Crippen LogP contribution in [0.2, 0.25) is 0 Å². The molecule has 0 unspecified atom stereocenters. The monoisotopic (exact) mass is 327 g/mol. The average Bonchev–Trinajstić information content (AvgIpc) is 2.46. The molecule has 1 heterocycles. The van der Waals surface area contributed by atoms with Crippen molar-refractivity contribution >= 4 is 5.97 Å². The van der Waals surface area contributed by atoms with Crippen LogP contribution in [-0.2, 0) is 10.9 Å². The SMILES string of the molecule is CC(C)=CCC/C(C)=C/COC(=O)c1cc(C(F)(F)F)ccn1. The second-order valence-corrected chi connectivity index (χ2v) is 5.40. The van der Waals surface area contributed by atoms with Crippen molar-refractivity contribution in [2.75, 3.05) is 6.61 Å². The van der Waals surface area contributed by atoms with E-state index in [1.807, 2.05) is 20.8 Å². The van der Waals surface area contributed by atoms with E-state index in [9.17, 15) is 18.0 Å². The van der Waals surface area contributed by atoms with E-state index in [0.717, 1.165) is 30.7 Å². The lowest BCUT2D eigenvalue weighted by Crippen LogP contribution is -2.11. The lowest BCUT2D eigenvalue weighted by atomic mass is 10.1. The van der Waals surface area contributed by atoms with Gasteiger partial charge in [-0.15, -0.1) is 0 Å². The van der Waals surface area contributed by atoms with Gasteiger partial charge in [0.2, 0.25) is 0 Å². The van der Waals surface area contributed by atoms with Gasteiger partial charge in [-0.2, -0.15) is 13.2 Å². The number of carbonyl (C=O) groups is 1. The second kappa shape index (κ2) is 8.50. The molecular formula is C17H20F3NO2. The first kappa shape index (κ1) is 18.9. The highest BCUT2D eigenvalue weighted by molar-refractivity contribution is 5.87. The Morgan fingerprint density at radius 3 is 2.57 bits per heavy atom. The quantitative estimate of drug-likeness (QED) is 0.548. The number of esters is 1. The predicted octanol–water partition coefficient (Wildman–Crippen LogP) is 4.95. The van der Waals surface area contributed by atoms with Crippen molar-refractivity contribution in [2.24, 2.45) is 0 Å². The molecule has 0 radical (unpaired) electrons. The highest BCUT2D eigenvalue weighted by Crippen LogP contribution is 2.29. The second-order valence-electron chi connectivity index (χ2n) is 5.40. The third kappa shape index (κ3) is 7.13. The predicted molar refractivity (Wildman–Crippen MR) is 81.9 cm³/mol. The Hall–Kier alpha value is -2.11. The van der Waals surface area contributed by atoms with Crippen LogP contribution in [0.15, 0.2) is 41.6 Å². The molecule has 0 atom stereocenters. The number of hydrogen-bond acceptors (Lipinski definition) is 3. The Morgan fingerprint density at radius 2 is 1.96 bits per heavy atom. The number of halogens is 3. The fourth-order valence-electron chi connectivity index (χ4n) is 1.74. The number of alkyl halides is 3.